The molecule has 456 valence electrons. The predicted octanol–water partition coefficient (Wildman–Crippen LogP) is -0.370. The van der Waals surface area contributed by atoms with Gasteiger partial charge >= 0.3 is 0 Å². The Morgan fingerprint density at radius 2 is 0.987 bits per heavy atom. The number of amidine groups is 1. The Labute approximate surface area is 494 Å². The van der Waals surface area contributed by atoms with E-state index >= 15 is 0 Å². The smallest absolute Gasteiger partial charge is 0.251 e. The van der Waals surface area contributed by atoms with E-state index in [0.29, 0.717) is 50.9 Å². The summed E-state index contributed by atoms with van der Waals surface area (Å²) < 4.78 is 0. The van der Waals surface area contributed by atoms with Gasteiger partial charge in [-0.3, -0.25) is 24.7 Å². The summed E-state index contributed by atoms with van der Waals surface area (Å²) in [6.07, 6.45) is 17.7. The van der Waals surface area contributed by atoms with Gasteiger partial charge in [-0.2, -0.15) is 0 Å². The molecule has 4 unspecified atom stereocenters. The summed E-state index contributed by atoms with van der Waals surface area (Å²) in [6.45, 7) is 32.7. The molecule has 0 aliphatic carbocycles. The zero-order valence-corrected chi connectivity index (χ0v) is 54.2. The average molecular weight is 1200 g/mol. The molecular weight excluding hydrogens is 1080 g/mol. The number of amides is 3. The van der Waals surface area contributed by atoms with Gasteiger partial charge in [-0.05, 0) is 159 Å². The normalized spacial score (nSPS) is 13.9. The summed E-state index contributed by atoms with van der Waals surface area (Å²) in [4.78, 5) is 45.9. The van der Waals surface area contributed by atoms with E-state index in [1.807, 2.05) is 27.7 Å². The molecule has 24 heteroatoms. The predicted molar refractivity (Wildman–Crippen MR) is 321 cm³/mol. The summed E-state index contributed by atoms with van der Waals surface area (Å²) in [5.74, 6) is 0.0612. The van der Waals surface area contributed by atoms with E-state index in [9.17, 15) is 14.4 Å². The number of nitrogens with zero attached hydrogens (tertiary/aromatic N) is 2. The van der Waals surface area contributed by atoms with Crippen LogP contribution in [0.4, 0.5) is 0 Å². The monoisotopic (exact) mass is 1200 g/mol. The zero-order valence-electron chi connectivity index (χ0n) is 49.5. The van der Waals surface area contributed by atoms with Crippen LogP contribution in [0.25, 0.3) is 0 Å². The van der Waals surface area contributed by atoms with Gasteiger partial charge in [0.15, 0.2) is 19.3 Å². The Morgan fingerprint density at radius 3 is 1.37 bits per heavy atom. The van der Waals surface area contributed by atoms with E-state index < -0.39 is 16.6 Å². The molecule has 0 aromatic carbocycles. The molecule has 0 saturated carbocycles. The SMILES string of the molecule is CCC(C)(CC)NCNC(=O)C(C)(CCCCCC(C)=N)N=C(N)N.CCC(C)(CC)[NH2+]CNC(=O)C(C)(CCCCN)N=C(C)N.CCC(C)(CC)[NH2+]CNC(=O)C(C)(N)CCCCCC(C)N.Cl.Cl.Cl.Cl.[Cl-].[Cl-]. The molecule has 0 bridgehead atoms. The highest BCUT2D eigenvalue weighted by molar-refractivity contribution is 5.90. The van der Waals surface area contributed by atoms with Crippen LogP contribution in [0.3, 0.4) is 0 Å². The Kier molecular flexibility index (Phi) is 61.0. The number of nitrogens with two attached hydrogens (primary N) is 8. The molecule has 0 fully saturated rings. The summed E-state index contributed by atoms with van der Waals surface area (Å²) >= 11 is 0. The summed E-state index contributed by atoms with van der Waals surface area (Å²) in [5.41, 5.74) is 32.7. The second kappa shape index (κ2) is 49.4. The molecule has 75 heavy (non-hydrogen) atoms. The lowest BCUT2D eigenvalue weighted by Gasteiger charge is -2.30. The molecule has 4 atom stereocenters. The van der Waals surface area contributed by atoms with Crippen LogP contribution in [0.5, 0.6) is 0 Å². The quantitative estimate of drug-likeness (QED) is 0.0167. The fraction of sp³-hybridized carbons (Fsp3) is 0.882. The van der Waals surface area contributed by atoms with Gasteiger partial charge in [0.25, 0.3) is 5.91 Å². The minimum absolute atomic E-state index is 0. The number of guanidine groups is 1. The lowest BCUT2D eigenvalue weighted by atomic mass is 9.93. The van der Waals surface area contributed by atoms with Crippen molar-refractivity contribution in [3.63, 3.8) is 0 Å². The van der Waals surface area contributed by atoms with E-state index in [2.05, 4.69) is 104 Å². The molecule has 3 amide bonds. The second-order valence-corrected chi connectivity index (χ2v) is 21.1. The molecular formula is C51H117Cl6N15O3. The molecule has 0 aromatic heterocycles. The highest BCUT2D eigenvalue weighted by Gasteiger charge is 2.35. The maximum absolute atomic E-state index is 12.6. The van der Waals surface area contributed by atoms with E-state index in [1.54, 1.807) is 13.8 Å². The molecule has 0 aromatic rings. The maximum atomic E-state index is 12.6. The van der Waals surface area contributed by atoms with Crippen molar-refractivity contribution in [3.05, 3.63) is 0 Å². The largest absolute Gasteiger partial charge is 1.00 e. The molecule has 18 nitrogen and oxygen atoms in total. The van der Waals surface area contributed by atoms with Crippen molar-refractivity contribution in [2.45, 2.75) is 265 Å². The average Bonchev–Trinajstić information content (AvgIpc) is 3.28. The van der Waals surface area contributed by atoms with Crippen molar-refractivity contribution >= 4 is 84.9 Å². The minimum Gasteiger partial charge on any atom is -1.00 e. The molecule has 0 radical (unpaired) electrons. The summed E-state index contributed by atoms with van der Waals surface area (Å²) in [5, 5.41) is 24.1. The lowest BCUT2D eigenvalue weighted by Crippen LogP contribution is -3.00. The Balaban J connectivity index is -0.000000120. The summed E-state index contributed by atoms with van der Waals surface area (Å²) in [7, 11) is 0. The molecule has 0 rings (SSSR count). The van der Waals surface area contributed by atoms with Crippen LogP contribution in [0, 0.1) is 5.41 Å². The first-order valence-corrected chi connectivity index (χ1v) is 26.5. The van der Waals surface area contributed by atoms with Gasteiger partial charge in [-0.25, -0.2) is 4.99 Å². The van der Waals surface area contributed by atoms with Crippen LogP contribution in [-0.4, -0.2) is 101 Å². The topological polar surface area (TPSA) is 337 Å². The molecule has 0 saturated heterocycles. The van der Waals surface area contributed by atoms with Gasteiger partial charge in [0.2, 0.25) is 11.8 Å². The zero-order chi connectivity index (χ0) is 54.0. The van der Waals surface area contributed by atoms with Crippen molar-refractivity contribution < 1.29 is 49.8 Å². The molecule has 0 aliphatic heterocycles. The van der Waals surface area contributed by atoms with Crippen LogP contribution in [-0.2, 0) is 14.4 Å². The van der Waals surface area contributed by atoms with Crippen molar-refractivity contribution in [3.8, 4) is 0 Å². The third-order valence-electron chi connectivity index (χ3n) is 14.3. The van der Waals surface area contributed by atoms with Crippen LogP contribution in [0.1, 0.15) is 226 Å². The van der Waals surface area contributed by atoms with Crippen LogP contribution >= 0.6 is 49.6 Å². The summed E-state index contributed by atoms with van der Waals surface area (Å²) in [6, 6.07) is 0.259. The van der Waals surface area contributed by atoms with Gasteiger partial charge in [-0.1, -0.05) is 73.6 Å². The first-order chi connectivity index (χ1) is 32.0. The second-order valence-electron chi connectivity index (χ2n) is 21.1. The van der Waals surface area contributed by atoms with E-state index in [1.165, 1.54) is 0 Å². The van der Waals surface area contributed by atoms with E-state index in [0.717, 1.165) is 109 Å². The number of rotatable bonds is 36. The van der Waals surface area contributed by atoms with E-state index in [4.69, 9.17) is 39.8 Å². The number of aliphatic imine (C=N–C) groups is 2. The number of hydrogen-bond donors (Lipinski definition) is 13. The third-order valence-corrected chi connectivity index (χ3v) is 14.3. The van der Waals surface area contributed by atoms with Crippen molar-refractivity contribution in [2.24, 2.45) is 44.4 Å². The number of hydrogen-bond acceptors (Lipinski definition) is 10. The molecule has 0 heterocycles. The number of carbonyl (C=O) groups excluding carboxylic acids is 3. The molecule has 0 aliphatic rings. The number of quaternary nitrogens is 2. The first-order valence-electron chi connectivity index (χ1n) is 26.5. The van der Waals surface area contributed by atoms with Crippen LogP contribution in [0.15, 0.2) is 9.98 Å². The molecule has 0 spiro atoms. The highest BCUT2D eigenvalue weighted by atomic mass is 35.5. The Hall–Kier alpha value is -1.68. The number of halogens is 6. The maximum Gasteiger partial charge on any atom is 0.251 e. The van der Waals surface area contributed by atoms with Gasteiger partial charge in [0, 0.05) is 17.3 Å². The van der Waals surface area contributed by atoms with Gasteiger partial charge in [0.05, 0.1) is 29.1 Å². The van der Waals surface area contributed by atoms with Crippen molar-refractivity contribution in [1.82, 2.24) is 21.3 Å². The Bertz CT molecular complexity index is 1500. The van der Waals surface area contributed by atoms with Gasteiger partial charge < -0.3 is 91.2 Å². The van der Waals surface area contributed by atoms with Crippen LogP contribution < -0.4 is 91.1 Å². The third kappa shape index (κ3) is 44.8. The minimum atomic E-state index is -0.963. The number of nitrogens with one attached hydrogen (secondary N) is 5. The lowest BCUT2D eigenvalue weighted by molar-refractivity contribution is -0.727. The highest BCUT2D eigenvalue weighted by Crippen LogP contribution is 2.22. The van der Waals surface area contributed by atoms with Crippen molar-refractivity contribution in [1.29, 1.82) is 5.41 Å². The Morgan fingerprint density at radius 1 is 0.587 bits per heavy atom. The first kappa shape index (κ1) is 92.7. The molecule has 21 N–H and O–H groups in total. The fourth-order valence-electron chi connectivity index (χ4n) is 7.29. The number of unbranched alkanes of at least 4 members (excludes halogenated alkanes) is 5. The van der Waals surface area contributed by atoms with Gasteiger partial charge in [0.1, 0.15) is 11.1 Å². The van der Waals surface area contributed by atoms with Crippen LogP contribution in [0.2, 0.25) is 0 Å². The fourth-order valence-corrected chi connectivity index (χ4v) is 7.29. The number of carbonyl (C=O) groups is 3. The van der Waals surface area contributed by atoms with E-state index in [-0.39, 0.29) is 121 Å². The van der Waals surface area contributed by atoms with Gasteiger partial charge in [-0.15, -0.1) is 49.6 Å². The van der Waals surface area contributed by atoms with Crippen molar-refractivity contribution in [2.75, 3.05) is 26.6 Å². The standard InChI is InChI=1S/C18H38N6O.C17H38N4O.C16H35N5O.6ClH/c1-6-17(4,7-2)23-13-22-15(25)18(5,24-16(20)21)12-10-8-9-11-14(3)19;1-6-16(4,7-2)21-13-20-15(22)17(5,19)12-10-8-9-11-14(3)18;1-6-15(4,7-2)20-12-19-14(22)16(5,21-13(3)18)10-8-9-11-17;;;;;;/h19,23H,6-13H2,1-5H3,(H,22,25)(H4,20,21,24);14,21H,6-13,18-19H2,1-5H3,(H,20,22);20H,6-12,17H2,1-5H3,(H2,18,21)(H,19,22);6*1H.